The highest BCUT2D eigenvalue weighted by atomic mass is 32.1. The minimum atomic E-state index is -0.502. The first-order chi connectivity index (χ1) is 13.3. The zero-order valence-corrected chi connectivity index (χ0v) is 15.1. The van der Waals surface area contributed by atoms with Crippen molar-refractivity contribution in [3.05, 3.63) is 53.2 Å². The molecule has 0 N–H and O–H groups in total. The number of carbonyl (C=O) groups excluding carboxylic acids is 1. The van der Waals surface area contributed by atoms with Crippen molar-refractivity contribution >= 4 is 23.4 Å². The normalized spacial score (nSPS) is 13.5. The quantitative estimate of drug-likeness (QED) is 0.490. The van der Waals surface area contributed by atoms with Crippen molar-refractivity contribution in [3.8, 4) is 22.2 Å². The topological polar surface area (TPSA) is 83.7 Å². The van der Waals surface area contributed by atoms with Crippen LogP contribution in [0.2, 0.25) is 0 Å². The predicted octanol–water partition coefficient (Wildman–Crippen LogP) is 3.72. The highest BCUT2D eigenvalue weighted by molar-refractivity contribution is 7.13. The summed E-state index contributed by atoms with van der Waals surface area (Å²) in [7, 11) is 0. The molecule has 0 atom stereocenters. The van der Waals surface area contributed by atoms with Crippen LogP contribution in [0.25, 0.3) is 16.8 Å². The number of carbonyl (C=O) groups is 1. The molecule has 0 saturated carbocycles. The van der Waals surface area contributed by atoms with E-state index in [2.05, 4.69) is 10.1 Å². The Hall–Kier alpha value is -3.13. The monoisotopic (exact) mass is 384 g/mol. The lowest BCUT2D eigenvalue weighted by Crippen LogP contribution is -2.01. The fourth-order valence-electron chi connectivity index (χ4n) is 2.45. The van der Waals surface area contributed by atoms with E-state index in [0.29, 0.717) is 30.5 Å². The number of hydrogen-bond acceptors (Lipinski definition) is 8. The van der Waals surface area contributed by atoms with Gasteiger partial charge in [0.05, 0.1) is 18.1 Å². The number of hydrogen-bond donors (Lipinski definition) is 0. The second-order valence-electron chi connectivity index (χ2n) is 5.69. The molecule has 1 aliphatic rings. The number of benzene rings is 1. The number of ether oxygens (including phenoxy) is 3. The second-order valence-corrected chi connectivity index (χ2v) is 6.63. The van der Waals surface area contributed by atoms with Crippen molar-refractivity contribution in [1.29, 1.82) is 0 Å². The molecule has 1 aromatic carbocycles. The minimum absolute atomic E-state index is 0.0807. The maximum absolute atomic E-state index is 11.9. The maximum atomic E-state index is 11.9. The summed E-state index contributed by atoms with van der Waals surface area (Å²) in [5, 5.41) is 5.79. The summed E-state index contributed by atoms with van der Waals surface area (Å²) in [6, 6.07) is 9.30. The van der Waals surface area contributed by atoms with Gasteiger partial charge in [0.1, 0.15) is 0 Å². The lowest BCUT2D eigenvalue weighted by Gasteiger charge is -2.07. The SMILES string of the molecule is O=C(/C=C/c1ccc2c(c1)OCCCO2)OCc1nc(-c2cccs2)no1. The highest BCUT2D eigenvalue weighted by Crippen LogP contribution is 2.30. The van der Waals surface area contributed by atoms with Gasteiger partial charge in [0.15, 0.2) is 18.1 Å². The summed E-state index contributed by atoms with van der Waals surface area (Å²) in [5.74, 6) is 1.62. The summed E-state index contributed by atoms with van der Waals surface area (Å²) in [6.07, 6.45) is 3.84. The van der Waals surface area contributed by atoms with Gasteiger partial charge >= 0.3 is 5.97 Å². The molecule has 0 radical (unpaired) electrons. The fourth-order valence-corrected chi connectivity index (χ4v) is 3.10. The molecule has 4 rings (SSSR count). The third-order valence-electron chi connectivity index (χ3n) is 3.73. The van der Waals surface area contributed by atoms with E-state index in [9.17, 15) is 4.79 Å². The van der Waals surface area contributed by atoms with Crippen LogP contribution in [-0.4, -0.2) is 29.3 Å². The van der Waals surface area contributed by atoms with Crippen molar-refractivity contribution in [2.45, 2.75) is 13.0 Å². The van der Waals surface area contributed by atoms with Gasteiger partial charge < -0.3 is 18.7 Å². The average molecular weight is 384 g/mol. The average Bonchev–Trinajstić information content (AvgIpc) is 3.32. The molecule has 3 aromatic rings. The standard InChI is InChI=1S/C19H16N2O5S/c22-18(25-12-17-20-19(21-26-17)16-3-1-10-27-16)7-5-13-4-6-14-15(11-13)24-9-2-8-23-14/h1,3-7,10-11H,2,8-9,12H2/b7-5+. The van der Waals surface area contributed by atoms with E-state index in [1.165, 1.54) is 17.4 Å². The van der Waals surface area contributed by atoms with E-state index in [1.54, 1.807) is 6.08 Å². The zero-order valence-electron chi connectivity index (χ0n) is 14.3. The largest absolute Gasteiger partial charge is 0.490 e. The van der Waals surface area contributed by atoms with Crippen molar-refractivity contribution in [3.63, 3.8) is 0 Å². The number of aromatic nitrogens is 2. The van der Waals surface area contributed by atoms with Crippen molar-refractivity contribution in [2.24, 2.45) is 0 Å². The van der Waals surface area contributed by atoms with Gasteiger partial charge in [-0.25, -0.2) is 4.79 Å². The Labute approximate surface area is 159 Å². The van der Waals surface area contributed by atoms with Crippen LogP contribution in [0, 0.1) is 0 Å². The summed E-state index contributed by atoms with van der Waals surface area (Å²) in [5.41, 5.74) is 0.814. The molecule has 2 aromatic heterocycles. The molecule has 7 nitrogen and oxygen atoms in total. The smallest absolute Gasteiger partial charge is 0.331 e. The molecule has 0 aliphatic carbocycles. The molecule has 1 aliphatic heterocycles. The Balaban J connectivity index is 1.33. The van der Waals surface area contributed by atoms with Crippen LogP contribution in [0.5, 0.6) is 11.5 Å². The molecule has 0 spiro atoms. The zero-order chi connectivity index (χ0) is 18.5. The first-order valence-corrected chi connectivity index (χ1v) is 9.27. The molecular formula is C19H16N2O5S. The van der Waals surface area contributed by atoms with Gasteiger partial charge in [0.25, 0.3) is 5.89 Å². The van der Waals surface area contributed by atoms with Gasteiger partial charge in [0, 0.05) is 12.5 Å². The van der Waals surface area contributed by atoms with Crippen LogP contribution >= 0.6 is 11.3 Å². The van der Waals surface area contributed by atoms with Crippen molar-refractivity contribution < 1.29 is 23.5 Å². The van der Waals surface area contributed by atoms with E-state index in [-0.39, 0.29) is 12.5 Å². The van der Waals surface area contributed by atoms with Crippen LogP contribution in [0.1, 0.15) is 17.9 Å². The van der Waals surface area contributed by atoms with Crippen LogP contribution in [-0.2, 0) is 16.1 Å². The molecule has 8 heteroatoms. The van der Waals surface area contributed by atoms with Crippen LogP contribution in [0.3, 0.4) is 0 Å². The molecule has 0 fully saturated rings. The Morgan fingerprint density at radius 1 is 1.22 bits per heavy atom. The van der Waals surface area contributed by atoms with Gasteiger partial charge in [0.2, 0.25) is 5.82 Å². The number of rotatable bonds is 5. The minimum Gasteiger partial charge on any atom is -0.490 e. The lowest BCUT2D eigenvalue weighted by atomic mass is 10.2. The fraction of sp³-hybridized carbons (Fsp3) is 0.211. The van der Waals surface area contributed by atoms with E-state index in [1.807, 2.05) is 35.7 Å². The molecule has 27 heavy (non-hydrogen) atoms. The number of thiophene rings is 1. The summed E-state index contributed by atoms with van der Waals surface area (Å²) >= 11 is 1.51. The Morgan fingerprint density at radius 2 is 2.11 bits per heavy atom. The number of nitrogens with zero attached hydrogens (tertiary/aromatic N) is 2. The van der Waals surface area contributed by atoms with Gasteiger partial charge in [-0.05, 0) is 35.2 Å². The molecule has 0 unspecified atom stereocenters. The summed E-state index contributed by atoms with van der Waals surface area (Å²) in [6.45, 7) is 1.17. The van der Waals surface area contributed by atoms with Crippen LogP contribution in [0.4, 0.5) is 0 Å². The molecule has 0 amide bonds. The third kappa shape index (κ3) is 4.35. The second kappa shape index (κ2) is 8.05. The first-order valence-electron chi connectivity index (χ1n) is 8.39. The van der Waals surface area contributed by atoms with E-state index >= 15 is 0 Å². The van der Waals surface area contributed by atoms with Crippen molar-refractivity contribution in [1.82, 2.24) is 10.1 Å². The van der Waals surface area contributed by atoms with E-state index in [4.69, 9.17) is 18.7 Å². The molecular weight excluding hydrogens is 368 g/mol. The van der Waals surface area contributed by atoms with E-state index < -0.39 is 5.97 Å². The molecule has 0 bridgehead atoms. The number of fused-ring (bicyclic) bond motifs is 1. The molecule has 3 heterocycles. The Morgan fingerprint density at radius 3 is 2.96 bits per heavy atom. The lowest BCUT2D eigenvalue weighted by molar-refractivity contribution is -0.139. The Kier molecular flexibility index (Phi) is 5.15. The third-order valence-corrected chi connectivity index (χ3v) is 4.60. The van der Waals surface area contributed by atoms with Crippen molar-refractivity contribution in [2.75, 3.05) is 13.2 Å². The van der Waals surface area contributed by atoms with Gasteiger partial charge in [-0.1, -0.05) is 17.3 Å². The summed E-state index contributed by atoms with van der Waals surface area (Å²) < 4.78 is 21.4. The number of esters is 1. The maximum Gasteiger partial charge on any atom is 0.331 e. The van der Waals surface area contributed by atoms with E-state index in [0.717, 1.165) is 16.9 Å². The molecule has 0 saturated heterocycles. The van der Waals surface area contributed by atoms with Crippen LogP contribution in [0.15, 0.2) is 46.3 Å². The summed E-state index contributed by atoms with van der Waals surface area (Å²) in [4.78, 5) is 17.0. The first kappa shape index (κ1) is 17.3. The van der Waals surface area contributed by atoms with Crippen LogP contribution < -0.4 is 9.47 Å². The molecule has 138 valence electrons. The highest BCUT2D eigenvalue weighted by Gasteiger charge is 2.12. The van der Waals surface area contributed by atoms with Gasteiger partial charge in [-0.2, -0.15) is 4.98 Å². The van der Waals surface area contributed by atoms with Gasteiger partial charge in [-0.3, -0.25) is 0 Å². The van der Waals surface area contributed by atoms with Gasteiger partial charge in [-0.15, -0.1) is 11.3 Å². The Bertz CT molecular complexity index is 949. The predicted molar refractivity (Wildman–Crippen MR) is 98.5 cm³/mol.